The van der Waals surface area contributed by atoms with Crippen molar-refractivity contribution >= 4 is 40.5 Å². The van der Waals surface area contributed by atoms with Gasteiger partial charge in [-0.25, -0.2) is 9.59 Å². The minimum absolute atomic E-state index is 0.0524. The molecule has 0 amide bonds. The third-order valence-electron chi connectivity index (χ3n) is 10.4. The number of esters is 1. The first kappa shape index (κ1) is 49.3. The lowest BCUT2D eigenvalue weighted by Crippen LogP contribution is -2.21. The Hall–Kier alpha value is -6.70. The van der Waals surface area contributed by atoms with Crippen LogP contribution in [-0.4, -0.2) is 37.0 Å². The molecule has 0 fully saturated rings. The Bertz CT molecular complexity index is 2370. The molecule has 0 aliphatic heterocycles. The topological polar surface area (TPSA) is 134 Å². The summed E-state index contributed by atoms with van der Waals surface area (Å²) < 4.78 is 101. The van der Waals surface area contributed by atoms with Crippen LogP contribution in [0.15, 0.2) is 121 Å². The van der Waals surface area contributed by atoms with Gasteiger partial charge in [0, 0.05) is 23.0 Å². The molecule has 0 saturated heterocycles. The number of carboxylic acids is 1. The van der Waals surface area contributed by atoms with Crippen molar-refractivity contribution in [3.05, 3.63) is 160 Å². The van der Waals surface area contributed by atoms with Crippen LogP contribution in [0.25, 0.3) is 17.2 Å². The molecule has 0 aliphatic rings. The van der Waals surface area contributed by atoms with Crippen LogP contribution in [0.4, 0.5) is 37.7 Å². The van der Waals surface area contributed by atoms with Crippen molar-refractivity contribution in [1.29, 1.82) is 0 Å². The van der Waals surface area contributed by atoms with Gasteiger partial charge in [-0.05, 0) is 152 Å². The van der Waals surface area contributed by atoms with Crippen LogP contribution in [0.1, 0.15) is 90.3 Å². The Balaban J connectivity index is 1.21. The van der Waals surface area contributed by atoms with Gasteiger partial charge in [0.05, 0.1) is 36.7 Å². The van der Waals surface area contributed by atoms with Gasteiger partial charge < -0.3 is 30.8 Å². The Kier molecular flexibility index (Phi) is 18.1. The summed E-state index contributed by atoms with van der Waals surface area (Å²) >= 11 is 0. The number of allylic oxidation sites excluding steroid dienone is 1. The molecular formula is C51H52F6N2O6. The van der Waals surface area contributed by atoms with Crippen LogP contribution in [0.5, 0.6) is 11.5 Å². The number of unbranched alkanes of at least 4 members (excludes halogenated alkanes) is 4. The molecule has 0 unspecified atom stereocenters. The zero-order valence-corrected chi connectivity index (χ0v) is 35.7. The number of nitrogens with two attached hydrogens (primary N) is 2. The maximum absolute atomic E-state index is 15.3. The quantitative estimate of drug-likeness (QED) is 0.0132. The summed E-state index contributed by atoms with van der Waals surface area (Å²) in [6.07, 6.45) is 0.623. The molecule has 0 aromatic heterocycles. The first-order valence-corrected chi connectivity index (χ1v) is 21.3. The Labute approximate surface area is 374 Å². The predicted octanol–water partition coefficient (Wildman–Crippen LogP) is 12.5. The van der Waals surface area contributed by atoms with Crippen LogP contribution in [0.2, 0.25) is 0 Å². The number of alkyl halides is 6. The molecule has 65 heavy (non-hydrogen) atoms. The first-order chi connectivity index (χ1) is 31.2. The molecule has 5 rings (SSSR count). The molecule has 0 saturated carbocycles. The predicted molar refractivity (Wildman–Crippen MR) is 241 cm³/mol. The van der Waals surface area contributed by atoms with Gasteiger partial charge in [-0.3, -0.25) is 8.78 Å². The highest BCUT2D eigenvalue weighted by atomic mass is 19.3. The third-order valence-corrected chi connectivity index (χ3v) is 10.4. The minimum atomic E-state index is -3.70. The fraction of sp³-hybridized carbons (Fsp3) is 0.294. The summed E-state index contributed by atoms with van der Waals surface area (Å²) in [6.45, 7) is -0.909. The smallest absolute Gasteiger partial charge is 0.426 e. The number of aryl methyl sites for hydroxylation is 2. The number of nitrogen functional groups attached to an aromatic ring is 2. The van der Waals surface area contributed by atoms with Crippen molar-refractivity contribution in [3.8, 4) is 11.5 Å². The lowest BCUT2D eigenvalue weighted by Gasteiger charge is -2.19. The molecular weight excluding hydrogens is 851 g/mol. The molecule has 0 atom stereocenters. The van der Waals surface area contributed by atoms with Crippen LogP contribution in [0.3, 0.4) is 0 Å². The monoisotopic (exact) mass is 902 g/mol. The van der Waals surface area contributed by atoms with Gasteiger partial charge in [0.1, 0.15) is 11.5 Å². The number of hydrogen-bond donors (Lipinski definition) is 3. The maximum Gasteiger partial charge on any atom is 0.426 e. The van der Waals surface area contributed by atoms with Gasteiger partial charge >= 0.3 is 24.2 Å². The van der Waals surface area contributed by atoms with E-state index in [0.717, 1.165) is 36.5 Å². The largest absolute Gasteiger partial charge is 0.478 e. The Morgan fingerprint density at radius 2 is 1.12 bits per heavy atom. The fourth-order valence-corrected chi connectivity index (χ4v) is 6.98. The van der Waals surface area contributed by atoms with Crippen molar-refractivity contribution in [1.82, 2.24) is 0 Å². The van der Waals surface area contributed by atoms with E-state index in [1.807, 2.05) is 0 Å². The fourth-order valence-electron chi connectivity index (χ4n) is 6.98. The Morgan fingerprint density at radius 1 is 0.615 bits per heavy atom. The van der Waals surface area contributed by atoms with Gasteiger partial charge in [0.15, 0.2) is 0 Å². The highest BCUT2D eigenvalue weighted by Crippen LogP contribution is 2.37. The molecule has 0 bridgehead atoms. The standard InChI is InChI=1S/C51H52F6N2O6/c52-31-5-1-3-8-35-11-20-39(21-12-35)50(54,55)64-42-25-15-37(16-26-42)17-30-47(60)63-33-7-10-44(48(49(61)62)45-29-24-41(58)34-46(45)59)38-18-27-43(28-19-38)65-51(56,57)40-22-13-36(14-23-40)9-4-2-6-32-53/h11-30,34H,1-10,31-33,58-59H2,(H,61,62)/b30-17+,48-44+. The molecule has 0 spiro atoms. The van der Waals surface area contributed by atoms with E-state index in [0.29, 0.717) is 48.9 Å². The minimum Gasteiger partial charge on any atom is -0.478 e. The zero-order valence-electron chi connectivity index (χ0n) is 35.7. The lowest BCUT2D eigenvalue weighted by atomic mass is 9.90. The second-order valence-corrected chi connectivity index (χ2v) is 15.3. The number of carbonyl (C=O) groups is 2. The number of ether oxygens (including phenoxy) is 3. The number of anilines is 2. The van der Waals surface area contributed by atoms with E-state index in [2.05, 4.69) is 0 Å². The highest BCUT2D eigenvalue weighted by molar-refractivity contribution is 6.25. The SMILES string of the molecule is Nc1ccc(/C(C(=O)O)=C(/CCCOC(=O)/C=C/c2ccc(OC(F)(F)c3ccc(CCCCCF)cc3)cc2)c2ccc(OC(F)(F)c3ccc(CCCCCF)cc3)cc2)c(N)c1. The number of carbonyl (C=O) groups excluding carboxylic acids is 1. The maximum atomic E-state index is 15.3. The van der Waals surface area contributed by atoms with E-state index >= 15 is 8.78 Å². The second-order valence-electron chi connectivity index (χ2n) is 15.3. The average molecular weight is 903 g/mol. The summed E-state index contributed by atoms with van der Waals surface area (Å²) in [6, 6.07) is 27.0. The molecule has 0 heterocycles. The zero-order chi connectivity index (χ0) is 46.8. The molecule has 0 aliphatic carbocycles. The van der Waals surface area contributed by atoms with Crippen molar-refractivity contribution in [2.24, 2.45) is 0 Å². The molecule has 0 radical (unpaired) electrons. The third kappa shape index (κ3) is 14.9. The lowest BCUT2D eigenvalue weighted by molar-refractivity contribution is -0.186. The van der Waals surface area contributed by atoms with E-state index in [9.17, 15) is 32.3 Å². The van der Waals surface area contributed by atoms with Crippen LogP contribution in [-0.2, 0) is 39.4 Å². The summed E-state index contributed by atoms with van der Waals surface area (Å²) in [5.74, 6) is -2.32. The van der Waals surface area contributed by atoms with Crippen molar-refractivity contribution in [2.45, 2.75) is 76.4 Å². The number of aliphatic carboxylic acids is 1. The summed E-state index contributed by atoms with van der Waals surface area (Å²) in [4.78, 5) is 25.5. The van der Waals surface area contributed by atoms with Crippen molar-refractivity contribution in [3.63, 3.8) is 0 Å². The summed E-state index contributed by atoms with van der Waals surface area (Å²) in [5, 5.41) is 10.4. The first-order valence-electron chi connectivity index (χ1n) is 21.3. The summed E-state index contributed by atoms with van der Waals surface area (Å²) in [7, 11) is 0. The molecule has 344 valence electrons. The Morgan fingerprint density at radius 3 is 1.60 bits per heavy atom. The average Bonchev–Trinajstić information content (AvgIpc) is 3.28. The van der Waals surface area contributed by atoms with Crippen molar-refractivity contribution in [2.75, 3.05) is 31.4 Å². The highest BCUT2D eigenvalue weighted by Gasteiger charge is 2.35. The molecule has 5 aromatic carbocycles. The molecule has 5 aromatic rings. The van der Waals surface area contributed by atoms with Gasteiger partial charge in [0.25, 0.3) is 0 Å². The van der Waals surface area contributed by atoms with Crippen LogP contribution in [0, 0.1) is 0 Å². The normalized spacial score (nSPS) is 12.2. The number of hydrogen-bond acceptors (Lipinski definition) is 7. The van der Waals surface area contributed by atoms with Gasteiger partial charge in [-0.15, -0.1) is 0 Å². The van der Waals surface area contributed by atoms with Crippen molar-refractivity contribution < 1.29 is 55.2 Å². The van der Waals surface area contributed by atoms with E-state index < -0.39 is 30.8 Å². The van der Waals surface area contributed by atoms with Crippen LogP contribution >= 0.6 is 0 Å². The second kappa shape index (κ2) is 23.8. The molecule has 5 N–H and O–H groups in total. The van der Waals surface area contributed by atoms with Crippen LogP contribution < -0.4 is 20.9 Å². The number of halogens is 6. The van der Waals surface area contributed by atoms with E-state index in [-0.39, 0.29) is 71.1 Å². The molecule has 8 nitrogen and oxygen atoms in total. The number of carboxylic acid groups (broad SMARTS) is 1. The van der Waals surface area contributed by atoms with E-state index in [1.165, 1.54) is 97.1 Å². The number of benzene rings is 5. The van der Waals surface area contributed by atoms with E-state index in [4.69, 9.17) is 25.7 Å². The summed E-state index contributed by atoms with van der Waals surface area (Å²) in [5.41, 5.74) is 14.6. The van der Waals surface area contributed by atoms with Gasteiger partial charge in [0.2, 0.25) is 0 Å². The number of rotatable bonds is 25. The molecule has 14 heteroatoms. The van der Waals surface area contributed by atoms with Gasteiger partial charge in [-0.1, -0.05) is 61.4 Å². The van der Waals surface area contributed by atoms with E-state index in [1.54, 1.807) is 24.3 Å². The van der Waals surface area contributed by atoms with Gasteiger partial charge in [-0.2, -0.15) is 17.6 Å².